The van der Waals surface area contributed by atoms with Crippen molar-refractivity contribution >= 4 is 6.09 Å². The molecular weight excluding hydrogens is 199 g/mol. The van der Waals surface area contributed by atoms with Crippen molar-refractivity contribution in [3.8, 4) is 0 Å². The average molecular weight is 220 g/mol. The van der Waals surface area contributed by atoms with Crippen LogP contribution in [0.15, 0.2) is 0 Å². The van der Waals surface area contributed by atoms with Crippen molar-refractivity contribution in [2.45, 2.75) is 20.0 Å². The normalized spacial score (nSPS) is 12.7. The van der Waals surface area contributed by atoms with Crippen molar-refractivity contribution in [3.05, 3.63) is 0 Å². The second kappa shape index (κ2) is 7.45. The van der Waals surface area contributed by atoms with Crippen LogP contribution in [0.1, 0.15) is 13.8 Å². The largest absolute Gasteiger partial charge is 0.442 e. The van der Waals surface area contributed by atoms with Crippen LogP contribution in [0, 0.1) is 0 Å². The van der Waals surface area contributed by atoms with E-state index < -0.39 is 18.9 Å². The maximum atomic E-state index is 12.5. The fraction of sp³-hybridized carbons (Fsp3) is 0.900. The number of hydrogen-bond donors (Lipinski definition) is 0. The SMILES string of the molecule is CCN(CC)C(=O)OC(CF)CN(C)C. The molecule has 0 heterocycles. The highest BCUT2D eigenvalue weighted by Gasteiger charge is 2.18. The molecule has 0 aliphatic heterocycles. The summed E-state index contributed by atoms with van der Waals surface area (Å²) in [6, 6.07) is 0. The summed E-state index contributed by atoms with van der Waals surface area (Å²) in [6.45, 7) is 4.64. The molecule has 0 saturated carbocycles. The van der Waals surface area contributed by atoms with Crippen molar-refractivity contribution < 1.29 is 13.9 Å². The molecule has 0 N–H and O–H groups in total. The molecule has 0 aromatic carbocycles. The van der Waals surface area contributed by atoms with Crippen LogP contribution in [0.25, 0.3) is 0 Å². The number of likely N-dealkylation sites (N-methyl/N-ethyl adjacent to an activating group) is 1. The van der Waals surface area contributed by atoms with Crippen LogP contribution in [-0.2, 0) is 4.74 Å². The minimum absolute atomic E-state index is 0.406. The number of hydrogen-bond acceptors (Lipinski definition) is 3. The fourth-order valence-electron chi connectivity index (χ4n) is 1.22. The van der Waals surface area contributed by atoms with Gasteiger partial charge in [0.1, 0.15) is 12.8 Å². The number of amides is 1. The smallest absolute Gasteiger partial charge is 0.410 e. The minimum atomic E-state index is -0.673. The summed E-state index contributed by atoms with van der Waals surface area (Å²) in [5.41, 5.74) is 0. The molecule has 0 spiro atoms. The predicted molar refractivity (Wildman–Crippen MR) is 57.7 cm³/mol. The van der Waals surface area contributed by atoms with E-state index in [0.29, 0.717) is 19.6 Å². The van der Waals surface area contributed by atoms with Gasteiger partial charge in [-0.1, -0.05) is 0 Å². The molecule has 90 valence electrons. The second-order valence-corrected chi connectivity index (χ2v) is 3.59. The molecule has 0 aliphatic rings. The lowest BCUT2D eigenvalue weighted by Gasteiger charge is -2.23. The first-order valence-electron chi connectivity index (χ1n) is 5.21. The van der Waals surface area contributed by atoms with E-state index >= 15 is 0 Å². The van der Waals surface area contributed by atoms with Gasteiger partial charge in [0.2, 0.25) is 0 Å². The average Bonchev–Trinajstić information content (AvgIpc) is 2.17. The molecule has 0 saturated heterocycles. The monoisotopic (exact) mass is 220 g/mol. The Balaban J connectivity index is 4.10. The number of nitrogens with zero attached hydrogens (tertiary/aromatic N) is 2. The highest BCUT2D eigenvalue weighted by molar-refractivity contribution is 5.67. The molecule has 5 heteroatoms. The van der Waals surface area contributed by atoms with Gasteiger partial charge in [-0.05, 0) is 27.9 Å². The molecule has 0 aromatic rings. The zero-order chi connectivity index (χ0) is 11.8. The van der Waals surface area contributed by atoms with Crippen LogP contribution < -0.4 is 0 Å². The van der Waals surface area contributed by atoms with E-state index in [0.717, 1.165) is 0 Å². The van der Waals surface area contributed by atoms with Gasteiger partial charge in [0.05, 0.1) is 0 Å². The van der Waals surface area contributed by atoms with E-state index in [9.17, 15) is 9.18 Å². The Morgan fingerprint density at radius 1 is 1.33 bits per heavy atom. The summed E-state index contributed by atoms with van der Waals surface area (Å²) in [5.74, 6) is 0. The molecule has 1 unspecified atom stereocenters. The van der Waals surface area contributed by atoms with Crippen molar-refractivity contribution in [2.75, 3.05) is 40.4 Å². The van der Waals surface area contributed by atoms with Crippen LogP contribution in [0.5, 0.6) is 0 Å². The Bertz CT molecular complexity index is 184. The Morgan fingerprint density at radius 2 is 1.87 bits per heavy atom. The van der Waals surface area contributed by atoms with E-state index in [-0.39, 0.29) is 0 Å². The van der Waals surface area contributed by atoms with Crippen LogP contribution in [-0.4, -0.2) is 62.4 Å². The summed E-state index contributed by atoms with van der Waals surface area (Å²) in [6.07, 6.45) is -1.11. The number of halogens is 1. The summed E-state index contributed by atoms with van der Waals surface area (Å²) >= 11 is 0. The molecule has 0 aromatic heterocycles. The van der Waals surface area contributed by atoms with E-state index in [1.807, 2.05) is 27.9 Å². The number of carbonyl (C=O) groups excluding carboxylic acids is 1. The van der Waals surface area contributed by atoms with Crippen LogP contribution in [0.2, 0.25) is 0 Å². The van der Waals surface area contributed by atoms with E-state index in [4.69, 9.17) is 4.74 Å². The summed E-state index contributed by atoms with van der Waals surface area (Å²) < 4.78 is 17.6. The quantitative estimate of drug-likeness (QED) is 0.677. The third kappa shape index (κ3) is 5.57. The summed E-state index contributed by atoms with van der Waals surface area (Å²) in [7, 11) is 3.63. The lowest BCUT2D eigenvalue weighted by molar-refractivity contribution is 0.0409. The molecule has 0 aliphatic carbocycles. The van der Waals surface area contributed by atoms with Crippen molar-refractivity contribution in [2.24, 2.45) is 0 Å². The third-order valence-electron chi connectivity index (χ3n) is 2.03. The standard InChI is InChI=1S/C10H21FN2O2/c1-5-13(6-2)10(14)15-9(7-11)8-12(3)4/h9H,5-8H2,1-4H3. The third-order valence-corrected chi connectivity index (χ3v) is 2.03. The number of carbonyl (C=O) groups is 1. The number of alkyl halides is 1. The number of rotatable bonds is 6. The van der Waals surface area contributed by atoms with E-state index in [1.54, 1.807) is 4.90 Å². The molecule has 1 amide bonds. The predicted octanol–water partition coefficient (Wildman–Crippen LogP) is 1.36. The second-order valence-electron chi connectivity index (χ2n) is 3.59. The molecule has 0 radical (unpaired) electrons. The van der Waals surface area contributed by atoms with Gasteiger partial charge in [-0.25, -0.2) is 9.18 Å². The molecular formula is C10H21FN2O2. The maximum absolute atomic E-state index is 12.5. The lowest BCUT2D eigenvalue weighted by Crippen LogP contribution is -2.38. The highest BCUT2D eigenvalue weighted by Crippen LogP contribution is 2.01. The topological polar surface area (TPSA) is 32.8 Å². The molecule has 15 heavy (non-hydrogen) atoms. The van der Waals surface area contributed by atoms with E-state index in [1.165, 1.54) is 4.90 Å². The first kappa shape index (κ1) is 14.2. The summed E-state index contributed by atoms with van der Waals surface area (Å²) in [5, 5.41) is 0. The summed E-state index contributed by atoms with van der Waals surface area (Å²) in [4.78, 5) is 14.8. The van der Waals surface area contributed by atoms with E-state index in [2.05, 4.69) is 0 Å². The molecule has 0 fully saturated rings. The van der Waals surface area contributed by atoms with Gasteiger partial charge in [0.25, 0.3) is 0 Å². The molecule has 0 rings (SSSR count). The maximum Gasteiger partial charge on any atom is 0.410 e. The van der Waals surface area contributed by atoms with Gasteiger partial charge in [0.15, 0.2) is 0 Å². The zero-order valence-electron chi connectivity index (χ0n) is 9.99. The van der Waals surface area contributed by atoms with Gasteiger partial charge in [-0.2, -0.15) is 0 Å². The Morgan fingerprint density at radius 3 is 2.20 bits per heavy atom. The van der Waals surface area contributed by atoms with Gasteiger partial charge < -0.3 is 14.5 Å². The van der Waals surface area contributed by atoms with Crippen molar-refractivity contribution in [3.63, 3.8) is 0 Å². The lowest BCUT2D eigenvalue weighted by atomic mass is 10.4. The Kier molecular flexibility index (Phi) is 7.03. The van der Waals surface area contributed by atoms with Gasteiger partial charge in [-0.15, -0.1) is 0 Å². The Hall–Kier alpha value is -0.840. The minimum Gasteiger partial charge on any atom is -0.442 e. The fourth-order valence-corrected chi connectivity index (χ4v) is 1.22. The first-order chi connectivity index (χ1) is 7.04. The van der Waals surface area contributed by atoms with Gasteiger partial charge >= 0.3 is 6.09 Å². The van der Waals surface area contributed by atoms with Gasteiger partial charge in [-0.3, -0.25) is 0 Å². The molecule has 0 bridgehead atoms. The molecule has 4 nitrogen and oxygen atoms in total. The number of ether oxygens (including phenoxy) is 1. The van der Waals surface area contributed by atoms with Crippen molar-refractivity contribution in [1.82, 2.24) is 9.80 Å². The Labute approximate surface area is 91.0 Å². The first-order valence-corrected chi connectivity index (χ1v) is 5.21. The highest BCUT2D eigenvalue weighted by atomic mass is 19.1. The van der Waals surface area contributed by atoms with Crippen LogP contribution >= 0.6 is 0 Å². The van der Waals surface area contributed by atoms with Gasteiger partial charge in [0, 0.05) is 19.6 Å². The molecule has 1 atom stereocenters. The van der Waals surface area contributed by atoms with Crippen molar-refractivity contribution in [1.29, 1.82) is 0 Å². The van der Waals surface area contributed by atoms with Crippen LogP contribution in [0.3, 0.4) is 0 Å². The van der Waals surface area contributed by atoms with Crippen LogP contribution in [0.4, 0.5) is 9.18 Å². The zero-order valence-corrected chi connectivity index (χ0v) is 9.99.